The van der Waals surface area contributed by atoms with E-state index in [9.17, 15) is 14.4 Å². The SMILES string of the molecule is CN1CCCC1CCN1CC(=O)N(NC(=O)OC(C)(C)C)C1=O. The summed E-state index contributed by atoms with van der Waals surface area (Å²) in [7, 11) is 2.07. The molecule has 0 radical (unpaired) electrons. The fraction of sp³-hybridized carbons (Fsp3) is 0.800. The summed E-state index contributed by atoms with van der Waals surface area (Å²) in [5.74, 6) is -0.444. The van der Waals surface area contributed by atoms with Gasteiger partial charge in [-0.15, -0.1) is 0 Å². The lowest BCUT2D eigenvalue weighted by Crippen LogP contribution is -2.48. The number of likely N-dealkylation sites (tertiary alicyclic amines) is 1. The van der Waals surface area contributed by atoms with Crippen LogP contribution in [0.5, 0.6) is 0 Å². The van der Waals surface area contributed by atoms with Crippen LogP contribution < -0.4 is 5.43 Å². The van der Waals surface area contributed by atoms with Crippen molar-refractivity contribution in [2.75, 3.05) is 26.7 Å². The maximum absolute atomic E-state index is 12.3. The average molecular weight is 326 g/mol. The highest BCUT2D eigenvalue weighted by Gasteiger charge is 2.38. The molecule has 2 rings (SSSR count). The minimum Gasteiger partial charge on any atom is -0.443 e. The van der Waals surface area contributed by atoms with Gasteiger partial charge in [-0.1, -0.05) is 0 Å². The third-order valence-electron chi connectivity index (χ3n) is 4.04. The highest BCUT2D eigenvalue weighted by molar-refractivity contribution is 6.02. The first kappa shape index (κ1) is 17.5. The Bertz CT molecular complexity index is 488. The molecule has 0 aromatic heterocycles. The van der Waals surface area contributed by atoms with Gasteiger partial charge < -0.3 is 14.5 Å². The van der Waals surface area contributed by atoms with Crippen LogP contribution in [0.1, 0.15) is 40.0 Å². The molecule has 1 unspecified atom stereocenters. The second-order valence-electron chi connectivity index (χ2n) is 7.11. The number of rotatable bonds is 4. The van der Waals surface area contributed by atoms with Gasteiger partial charge in [0, 0.05) is 12.6 Å². The molecule has 8 heteroatoms. The van der Waals surface area contributed by atoms with E-state index in [1.165, 1.54) is 11.3 Å². The largest absolute Gasteiger partial charge is 0.443 e. The molecule has 0 saturated carbocycles. The molecule has 0 bridgehead atoms. The number of nitrogens with one attached hydrogen (secondary N) is 1. The third kappa shape index (κ3) is 4.57. The molecule has 23 heavy (non-hydrogen) atoms. The van der Waals surface area contributed by atoms with Crippen molar-refractivity contribution in [2.45, 2.75) is 51.7 Å². The lowest BCUT2D eigenvalue weighted by Gasteiger charge is -2.24. The van der Waals surface area contributed by atoms with Gasteiger partial charge in [0.05, 0.1) is 0 Å². The fourth-order valence-electron chi connectivity index (χ4n) is 2.88. The standard InChI is InChI=1S/C15H26N4O4/c1-15(2,3)23-13(21)16-19-12(20)10-18(14(19)22)9-7-11-6-5-8-17(11)4/h11H,5-10H2,1-4H3,(H,16,21). The molecular formula is C15H26N4O4. The quantitative estimate of drug-likeness (QED) is 0.784. The minimum atomic E-state index is -0.809. The Labute approximate surface area is 136 Å². The van der Waals surface area contributed by atoms with Gasteiger partial charge >= 0.3 is 12.1 Å². The van der Waals surface area contributed by atoms with E-state index in [0.717, 1.165) is 24.4 Å². The molecule has 0 aliphatic carbocycles. The number of nitrogens with zero attached hydrogens (tertiary/aromatic N) is 3. The number of hydrazine groups is 1. The van der Waals surface area contributed by atoms with Gasteiger partial charge in [0.1, 0.15) is 12.1 Å². The predicted octanol–water partition coefficient (Wildman–Crippen LogP) is 1.17. The highest BCUT2D eigenvalue weighted by atomic mass is 16.6. The Kier molecular flexibility index (Phi) is 5.13. The van der Waals surface area contributed by atoms with Crippen molar-refractivity contribution in [3.8, 4) is 0 Å². The number of hydrogen-bond acceptors (Lipinski definition) is 5. The van der Waals surface area contributed by atoms with Gasteiger partial charge in [-0.3, -0.25) is 4.79 Å². The van der Waals surface area contributed by atoms with E-state index in [4.69, 9.17) is 4.74 Å². The minimum absolute atomic E-state index is 0.00886. The van der Waals surface area contributed by atoms with Gasteiger partial charge in [-0.25, -0.2) is 15.0 Å². The van der Waals surface area contributed by atoms with Crippen LogP contribution in [-0.2, 0) is 9.53 Å². The van der Waals surface area contributed by atoms with Crippen molar-refractivity contribution >= 4 is 18.0 Å². The van der Waals surface area contributed by atoms with E-state index in [2.05, 4.69) is 17.4 Å². The molecular weight excluding hydrogens is 300 g/mol. The number of ether oxygens (including phenoxy) is 1. The van der Waals surface area contributed by atoms with E-state index in [0.29, 0.717) is 12.6 Å². The molecule has 1 N–H and O–H groups in total. The van der Waals surface area contributed by atoms with Crippen LogP contribution in [0, 0.1) is 0 Å². The Hall–Kier alpha value is -1.83. The second kappa shape index (κ2) is 6.74. The lowest BCUT2D eigenvalue weighted by molar-refractivity contribution is -0.127. The van der Waals surface area contributed by atoms with Gasteiger partial charge in [-0.05, 0) is 53.6 Å². The predicted molar refractivity (Wildman–Crippen MR) is 83.5 cm³/mol. The molecule has 8 nitrogen and oxygen atoms in total. The van der Waals surface area contributed by atoms with Crippen molar-refractivity contribution in [1.82, 2.24) is 20.2 Å². The number of urea groups is 1. The van der Waals surface area contributed by atoms with Gasteiger partial charge in [-0.2, -0.15) is 5.01 Å². The summed E-state index contributed by atoms with van der Waals surface area (Å²) in [5.41, 5.74) is 1.53. The average Bonchev–Trinajstić information content (AvgIpc) is 2.93. The molecule has 0 spiro atoms. The maximum atomic E-state index is 12.3. The third-order valence-corrected chi connectivity index (χ3v) is 4.04. The summed E-state index contributed by atoms with van der Waals surface area (Å²) in [6.45, 7) is 6.71. The maximum Gasteiger partial charge on any atom is 0.427 e. The Balaban J connectivity index is 1.85. The number of carbonyl (C=O) groups is 3. The van der Waals surface area contributed by atoms with Crippen LogP contribution in [0.4, 0.5) is 9.59 Å². The molecule has 130 valence electrons. The van der Waals surface area contributed by atoms with Crippen LogP contribution in [0.25, 0.3) is 0 Å². The number of hydrogen-bond donors (Lipinski definition) is 1. The normalized spacial score (nSPS) is 22.9. The molecule has 4 amide bonds. The zero-order chi connectivity index (χ0) is 17.2. The molecule has 2 saturated heterocycles. The van der Waals surface area contributed by atoms with Crippen LogP contribution in [-0.4, -0.2) is 71.2 Å². The van der Waals surface area contributed by atoms with Crippen molar-refractivity contribution < 1.29 is 19.1 Å². The topological polar surface area (TPSA) is 82.2 Å². The molecule has 0 aromatic carbocycles. The zero-order valence-electron chi connectivity index (χ0n) is 14.3. The summed E-state index contributed by atoms with van der Waals surface area (Å²) in [6, 6.07) is -0.0488. The van der Waals surface area contributed by atoms with E-state index < -0.39 is 23.6 Å². The Morgan fingerprint density at radius 3 is 2.61 bits per heavy atom. The molecule has 2 aliphatic heterocycles. The summed E-state index contributed by atoms with van der Waals surface area (Å²) >= 11 is 0. The molecule has 1 atom stereocenters. The van der Waals surface area contributed by atoms with Gasteiger partial charge in [0.15, 0.2) is 0 Å². The monoisotopic (exact) mass is 326 g/mol. The van der Waals surface area contributed by atoms with E-state index in [1.54, 1.807) is 20.8 Å². The van der Waals surface area contributed by atoms with Gasteiger partial charge in [0.25, 0.3) is 5.91 Å². The zero-order valence-corrected chi connectivity index (χ0v) is 14.3. The summed E-state index contributed by atoms with van der Waals surface area (Å²) in [4.78, 5) is 39.6. The summed E-state index contributed by atoms with van der Waals surface area (Å²) in [6.07, 6.45) is 2.30. The smallest absolute Gasteiger partial charge is 0.427 e. The number of carbonyl (C=O) groups excluding carboxylic acids is 3. The van der Waals surface area contributed by atoms with E-state index >= 15 is 0 Å². The van der Waals surface area contributed by atoms with Crippen LogP contribution in [0.15, 0.2) is 0 Å². The molecule has 2 aliphatic rings. The lowest BCUT2D eigenvalue weighted by atomic mass is 10.1. The van der Waals surface area contributed by atoms with E-state index in [-0.39, 0.29) is 6.54 Å². The Morgan fingerprint density at radius 1 is 1.35 bits per heavy atom. The molecule has 0 aromatic rings. The first-order valence-corrected chi connectivity index (χ1v) is 7.99. The van der Waals surface area contributed by atoms with E-state index in [1.807, 2.05) is 0 Å². The van der Waals surface area contributed by atoms with Crippen LogP contribution >= 0.6 is 0 Å². The number of imide groups is 1. The first-order valence-electron chi connectivity index (χ1n) is 7.99. The van der Waals surface area contributed by atoms with Crippen molar-refractivity contribution in [2.24, 2.45) is 0 Å². The second-order valence-corrected chi connectivity index (χ2v) is 7.11. The first-order chi connectivity index (χ1) is 10.7. The van der Waals surface area contributed by atoms with Crippen molar-refractivity contribution in [1.29, 1.82) is 0 Å². The fourth-order valence-corrected chi connectivity index (χ4v) is 2.88. The molecule has 2 fully saturated rings. The van der Waals surface area contributed by atoms with Crippen molar-refractivity contribution in [3.05, 3.63) is 0 Å². The van der Waals surface area contributed by atoms with Gasteiger partial charge in [0.2, 0.25) is 0 Å². The van der Waals surface area contributed by atoms with Crippen LogP contribution in [0.2, 0.25) is 0 Å². The highest BCUT2D eigenvalue weighted by Crippen LogP contribution is 2.19. The van der Waals surface area contributed by atoms with Crippen molar-refractivity contribution in [3.63, 3.8) is 0 Å². The molecule has 2 heterocycles. The summed E-state index contributed by atoms with van der Waals surface area (Å²) in [5, 5.41) is 0.742. The summed E-state index contributed by atoms with van der Waals surface area (Å²) < 4.78 is 5.07. The number of amides is 4. The Morgan fingerprint density at radius 2 is 2.04 bits per heavy atom. The van der Waals surface area contributed by atoms with Crippen LogP contribution in [0.3, 0.4) is 0 Å².